The summed E-state index contributed by atoms with van der Waals surface area (Å²) in [6.45, 7) is 0. The Morgan fingerprint density at radius 2 is 0.854 bits per heavy atom. The molecule has 0 unspecified atom stereocenters. The summed E-state index contributed by atoms with van der Waals surface area (Å²) in [5, 5.41) is 4.43. The Labute approximate surface area is 516 Å². The van der Waals surface area contributed by atoms with E-state index in [1.165, 1.54) is 33.4 Å². The first-order chi connectivity index (χ1) is 44.2. The van der Waals surface area contributed by atoms with Crippen LogP contribution in [0.5, 0.6) is 0 Å². The van der Waals surface area contributed by atoms with Gasteiger partial charge in [0.15, 0.2) is 0 Å². The number of aromatic nitrogens is 2. The maximum Gasteiger partial charge on any atom is 0.145 e. The van der Waals surface area contributed by atoms with Crippen molar-refractivity contribution in [2.24, 2.45) is 0 Å². The highest BCUT2D eigenvalue weighted by molar-refractivity contribution is 6.27. The number of pyridine rings is 1. The van der Waals surface area contributed by atoms with Crippen LogP contribution in [0.25, 0.3) is 94.1 Å². The molecule has 0 aliphatic heterocycles. The quantitative estimate of drug-likeness (QED) is 0.122. The van der Waals surface area contributed by atoms with Crippen molar-refractivity contribution in [2.45, 2.75) is 5.41 Å². The van der Waals surface area contributed by atoms with Crippen LogP contribution in [0, 0.1) is 0 Å². The zero-order chi connectivity index (χ0) is 58.8. The average molecular weight is 1140 g/mol. The Hall–Kier alpha value is -11.8. The van der Waals surface area contributed by atoms with Crippen LogP contribution in [0.15, 0.2) is 344 Å². The first-order valence-electron chi connectivity index (χ1n) is 30.4. The lowest BCUT2D eigenvalue weighted by atomic mass is 9.68. The van der Waals surface area contributed by atoms with Crippen LogP contribution in [0.3, 0.4) is 0 Å². The third kappa shape index (κ3) is 8.50. The SMILES string of the molecule is c1ccc(-c2ccc(N(c3cc(-c4cc5c6ccccc6n(-c6ccccc6)c5c5c4oc4ccccc45)cc(N(c4ccccc4)c4ccc(-c5ccccn5)cc4)c3)c3ccc4c(c3)-c3ccccc3C4(c3ccccc3)c3ccccc3)cc2)cc1. The van der Waals surface area contributed by atoms with E-state index in [2.05, 4.69) is 336 Å². The van der Waals surface area contributed by atoms with Crippen LogP contribution in [0.1, 0.15) is 22.3 Å². The molecule has 17 rings (SSSR count). The fraction of sp³-hybridized carbons (Fsp3) is 0.0119. The van der Waals surface area contributed by atoms with E-state index in [1.54, 1.807) is 0 Å². The fourth-order valence-corrected chi connectivity index (χ4v) is 14.2. The van der Waals surface area contributed by atoms with Gasteiger partial charge in [0, 0.05) is 73.3 Å². The summed E-state index contributed by atoms with van der Waals surface area (Å²) in [6.07, 6.45) is 1.85. The smallest absolute Gasteiger partial charge is 0.145 e. The fourth-order valence-electron chi connectivity index (χ4n) is 14.2. The summed E-state index contributed by atoms with van der Waals surface area (Å²) in [5.41, 5.74) is 24.0. The van der Waals surface area contributed by atoms with Gasteiger partial charge in [-0.25, -0.2) is 0 Å². The minimum atomic E-state index is -0.565. The Morgan fingerprint density at radius 3 is 1.54 bits per heavy atom. The van der Waals surface area contributed by atoms with E-state index >= 15 is 0 Å². The molecule has 0 saturated heterocycles. The van der Waals surface area contributed by atoms with E-state index in [-0.39, 0.29) is 0 Å². The number of hydrogen-bond donors (Lipinski definition) is 0. The largest absolute Gasteiger partial charge is 0.455 e. The molecule has 3 aromatic heterocycles. The number of benzene rings is 13. The molecular formula is C84H56N4O. The molecule has 0 atom stereocenters. The van der Waals surface area contributed by atoms with E-state index in [9.17, 15) is 0 Å². The van der Waals surface area contributed by atoms with Crippen LogP contribution in [0.4, 0.5) is 34.1 Å². The zero-order valence-electron chi connectivity index (χ0n) is 48.5. The predicted octanol–water partition coefficient (Wildman–Crippen LogP) is 22.4. The molecule has 13 aromatic carbocycles. The van der Waals surface area contributed by atoms with Crippen LogP contribution >= 0.6 is 0 Å². The lowest BCUT2D eigenvalue weighted by Gasteiger charge is -2.34. The third-order valence-corrected chi connectivity index (χ3v) is 18.1. The maximum absolute atomic E-state index is 7.31. The molecule has 0 N–H and O–H groups in total. The first kappa shape index (κ1) is 51.6. The molecular weight excluding hydrogens is 1080 g/mol. The van der Waals surface area contributed by atoms with Gasteiger partial charge in [0.05, 0.1) is 27.5 Å². The molecule has 16 aromatic rings. The number of furan rings is 1. The summed E-state index contributed by atoms with van der Waals surface area (Å²) < 4.78 is 9.73. The number of nitrogens with zero attached hydrogens (tertiary/aromatic N) is 4. The Balaban J connectivity index is 0.965. The monoisotopic (exact) mass is 1140 g/mol. The number of anilines is 6. The van der Waals surface area contributed by atoms with Crippen LogP contribution in [0.2, 0.25) is 0 Å². The summed E-state index contributed by atoms with van der Waals surface area (Å²) >= 11 is 0. The van der Waals surface area contributed by atoms with Gasteiger partial charge in [-0.05, 0) is 159 Å². The van der Waals surface area contributed by atoms with Crippen molar-refractivity contribution in [2.75, 3.05) is 9.80 Å². The van der Waals surface area contributed by atoms with Crippen molar-refractivity contribution < 1.29 is 4.42 Å². The van der Waals surface area contributed by atoms with Crippen molar-refractivity contribution in [3.05, 3.63) is 362 Å². The molecule has 0 radical (unpaired) electrons. The van der Waals surface area contributed by atoms with Crippen molar-refractivity contribution >= 4 is 77.9 Å². The lowest BCUT2D eigenvalue weighted by molar-refractivity contribution is 0.670. The van der Waals surface area contributed by atoms with Crippen LogP contribution in [-0.2, 0) is 5.41 Å². The van der Waals surface area contributed by atoms with E-state index < -0.39 is 5.41 Å². The van der Waals surface area contributed by atoms with Gasteiger partial charge in [-0.15, -0.1) is 0 Å². The van der Waals surface area contributed by atoms with Gasteiger partial charge in [0.25, 0.3) is 0 Å². The lowest BCUT2D eigenvalue weighted by Crippen LogP contribution is -2.28. The highest BCUT2D eigenvalue weighted by Gasteiger charge is 2.46. The second-order valence-corrected chi connectivity index (χ2v) is 23.0. The number of rotatable bonds is 12. The molecule has 5 nitrogen and oxygen atoms in total. The molecule has 89 heavy (non-hydrogen) atoms. The van der Waals surface area contributed by atoms with Crippen LogP contribution in [-0.4, -0.2) is 9.55 Å². The van der Waals surface area contributed by atoms with Gasteiger partial charge in [0.2, 0.25) is 0 Å². The summed E-state index contributed by atoms with van der Waals surface area (Å²) in [6, 6.07) is 121. The van der Waals surface area contributed by atoms with Crippen molar-refractivity contribution in [3.8, 4) is 50.3 Å². The second-order valence-electron chi connectivity index (χ2n) is 23.0. The maximum atomic E-state index is 7.31. The standard InChI is InChI=1S/C84H56N4O/c1-6-24-57(25-7-1)58-41-45-66(46-42-58)87(67-49-50-77-74(55-67)70-34-16-19-37-76(70)84(77,61-26-8-2-9-27-61)62-28-10-3-11-29-62)69-53-60(52-68(54-69)86(63-30-12-4-13-31-63)65-47-43-59(44-48-65)78-38-22-23-51-85-78)73-56-75-71-35-17-20-39-79(71)88(64-32-14-5-15-33-64)82(75)81-72-36-18-21-40-80(72)89-83(73)81/h1-56H. The molecule has 1 aliphatic rings. The normalized spacial score (nSPS) is 12.4. The predicted molar refractivity (Wildman–Crippen MR) is 369 cm³/mol. The molecule has 5 heteroatoms. The molecule has 418 valence electrons. The van der Waals surface area contributed by atoms with Crippen molar-refractivity contribution in [1.82, 2.24) is 9.55 Å². The van der Waals surface area contributed by atoms with E-state index in [1.807, 2.05) is 18.3 Å². The molecule has 0 spiro atoms. The highest BCUT2D eigenvalue weighted by Crippen LogP contribution is 2.58. The Morgan fingerprint density at radius 1 is 0.326 bits per heavy atom. The Bertz CT molecular complexity index is 5240. The van der Waals surface area contributed by atoms with Gasteiger partial charge in [-0.2, -0.15) is 0 Å². The summed E-state index contributed by atoms with van der Waals surface area (Å²) in [5.74, 6) is 0. The molecule has 0 fully saturated rings. The first-order valence-corrected chi connectivity index (χ1v) is 30.4. The van der Waals surface area contributed by atoms with Crippen molar-refractivity contribution in [3.63, 3.8) is 0 Å². The second kappa shape index (κ2) is 21.3. The molecule has 0 amide bonds. The van der Waals surface area contributed by atoms with E-state index in [0.29, 0.717) is 0 Å². The highest BCUT2D eigenvalue weighted by atomic mass is 16.3. The van der Waals surface area contributed by atoms with E-state index in [4.69, 9.17) is 9.40 Å². The van der Waals surface area contributed by atoms with Gasteiger partial charge in [0.1, 0.15) is 11.2 Å². The number of para-hydroxylation sites is 4. The summed E-state index contributed by atoms with van der Waals surface area (Å²) in [4.78, 5) is 9.58. The number of fused-ring (bicyclic) bond motifs is 10. The van der Waals surface area contributed by atoms with Gasteiger partial charge in [-0.3, -0.25) is 4.98 Å². The molecule has 1 aliphatic carbocycles. The van der Waals surface area contributed by atoms with E-state index in [0.717, 1.165) is 117 Å². The Kier molecular flexibility index (Phi) is 12.4. The minimum Gasteiger partial charge on any atom is -0.455 e. The van der Waals surface area contributed by atoms with Gasteiger partial charge >= 0.3 is 0 Å². The molecule has 3 heterocycles. The van der Waals surface area contributed by atoms with Gasteiger partial charge < -0.3 is 18.8 Å². The zero-order valence-corrected chi connectivity index (χ0v) is 48.5. The van der Waals surface area contributed by atoms with Crippen LogP contribution < -0.4 is 9.80 Å². The van der Waals surface area contributed by atoms with Crippen molar-refractivity contribution in [1.29, 1.82) is 0 Å². The third-order valence-electron chi connectivity index (χ3n) is 18.1. The minimum absolute atomic E-state index is 0.565. The number of hydrogen-bond acceptors (Lipinski definition) is 4. The molecule has 0 saturated carbocycles. The average Bonchev–Trinajstić information content (AvgIpc) is 1.60. The summed E-state index contributed by atoms with van der Waals surface area (Å²) in [7, 11) is 0. The topological polar surface area (TPSA) is 37.4 Å². The van der Waals surface area contributed by atoms with Gasteiger partial charge in [-0.1, -0.05) is 224 Å². The molecule has 0 bridgehead atoms.